The van der Waals surface area contributed by atoms with Crippen molar-refractivity contribution < 1.29 is 4.79 Å². The highest BCUT2D eigenvalue weighted by Crippen LogP contribution is 2.56. The Morgan fingerprint density at radius 2 is 1.66 bits per heavy atom. The van der Waals surface area contributed by atoms with E-state index in [-0.39, 0.29) is 5.91 Å². The number of unbranched alkanes of at least 4 members (excludes halogenated alkanes) is 2. The third-order valence-corrected chi connectivity index (χ3v) is 12.1. The quantitative estimate of drug-likeness (QED) is 0.176. The number of carbonyl (C=O) groups is 1. The Balaban J connectivity index is 1.08. The number of nitrogens with zero attached hydrogens (tertiary/aromatic N) is 2. The summed E-state index contributed by atoms with van der Waals surface area (Å²) in [7, 11) is 0. The third-order valence-electron chi connectivity index (χ3n) is 10.5. The highest BCUT2D eigenvalue weighted by molar-refractivity contribution is 8.26. The largest absolute Gasteiger partial charge is 0.355 e. The minimum absolute atomic E-state index is 0.132. The van der Waals surface area contributed by atoms with Gasteiger partial charge in [0.25, 0.3) is 5.91 Å². The monoisotopic (exact) mass is 607 g/mol. The summed E-state index contributed by atoms with van der Waals surface area (Å²) in [6.45, 7) is 3.77. The van der Waals surface area contributed by atoms with Crippen LogP contribution < -0.4 is 0 Å². The van der Waals surface area contributed by atoms with E-state index in [1.165, 1.54) is 101 Å². The number of thiocarbonyl (C=S) groups is 1. The number of H-pyrrole nitrogens is 1. The van der Waals surface area contributed by atoms with Crippen LogP contribution in [0.3, 0.4) is 0 Å². The Hall–Kier alpha value is -1.60. The number of halogens is 1. The zero-order valence-corrected chi connectivity index (χ0v) is 26.3. The second-order valence-corrected chi connectivity index (χ2v) is 15.4. The van der Waals surface area contributed by atoms with Crippen molar-refractivity contribution in [2.45, 2.75) is 83.1 Å². The van der Waals surface area contributed by atoms with Crippen LogP contribution >= 0.6 is 35.6 Å². The summed E-state index contributed by atoms with van der Waals surface area (Å²) in [5, 5.41) is 0.739. The number of aryl methyl sites for hydroxylation is 1. The first-order chi connectivity index (χ1) is 20.0. The molecule has 4 bridgehead atoms. The average Bonchev–Trinajstić information content (AvgIpc) is 3.49. The predicted octanol–water partition coefficient (Wildman–Crippen LogP) is 8.56. The van der Waals surface area contributed by atoms with Gasteiger partial charge in [0.2, 0.25) is 0 Å². The first kappa shape index (κ1) is 28.2. The fourth-order valence-electron chi connectivity index (χ4n) is 8.83. The van der Waals surface area contributed by atoms with Gasteiger partial charge in [0.1, 0.15) is 4.32 Å². The lowest BCUT2D eigenvalue weighted by Gasteiger charge is -2.56. The lowest BCUT2D eigenvalue weighted by Crippen LogP contribution is -2.57. The Labute approximate surface area is 259 Å². The molecular formula is C34H42ClN3OS2. The number of nitrogens with one attached hydrogen (secondary N) is 1. The number of thioether (sulfide) groups is 1. The van der Waals surface area contributed by atoms with E-state index in [1.54, 1.807) is 0 Å². The van der Waals surface area contributed by atoms with E-state index >= 15 is 0 Å². The molecule has 4 aliphatic carbocycles. The molecule has 1 aromatic carbocycles. The Morgan fingerprint density at radius 1 is 0.951 bits per heavy atom. The van der Waals surface area contributed by atoms with Crippen molar-refractivity contribution >= 4 is 51.9 Å². The Morgan fingerprint density at radius 3 is 2.37 bits per heavy atom. The molecule has 4 nitrogen and oxygen atoms in total. The number of aromatic amines is 1. The molecule has 2 aromatic rings. The maximum absolute atomic E-state index is 13.9. The molecule has 0 spiro atoms. The minimum atomic E-state index is 0.132. The summed E-state index contributed by atoms with van der Waals surface area (Å²) >= 11 is 13.6. The molecule has 0 atom stereocenters. The minimum Gasteiger partial charge on any atom is -0.355 e. The van der Waals surface area contributed by atoms with Crippen LogP contribution in [0.1, 0.15) is 81.9 Å². The highest BCUT2D eigenvalue weighted by atomic mass is 35.5. The normalized spacial score (nSPS) is 30.7. The van der Waals surface area contributed by atoms with E-state index < -0.39 is 0 Å². The maximum Gasteiger partial charge on any atom is 0.266 e. The van der Waals surface area contributed by atoms with Crippen LogP contribution in [0, 0.1) is 23.7 Å². The lowest BCUT2D eigenvalue weighted by molar-refractivity contribution is -0.130. The first-order valence-electron chi connectivity index (χ1n) is 16.0. The maximum atomic E-state index is 13.9. The zero-order valence-electron chi connectivity index (χ0n) is 24.0. The number of aromatic nitrogens is 1. The topological polar surface area (TPSA) is 39.3 Å². The molecule has 2 aliphatic heterocycles. The van der Waals surface area contributed by atoms with Crippen molar-refractivity contribution in [1.29, 1.82) is 0 Å². The van der Waals surface area contributed by atoms with Crippen molar-refractivity contribution in [3.05, 3.63) is 51.5 Å². The molecule has 1 N–H and O–H groups in total. The predicted molar refractivity (Wildman–Crippen MR) is 175 cm³/mol. The van der Waals surface area contributed by atoms with E-state index in [1.807, 2.05) is 17.0 Å². The van der Waals surface area contributed by atoms with E-state index in [0.717, 1.165) is 55.9 Å². The Kier molecular flexibility index (Phi) is 8.38. The van der Waals surface area contributed by atoms with Crippen molar-refractivity contribution in [2.24, 2.45) is 23.7 Å². The van der Waals surface area contributed by atoms with Gasteiger partial charge in [-0.15, -0.1) is 0 Å². The molecule has 0 unspecified atom stereocenters. The van der Waals surface area contributed by atoms with Gasteiger partial charge in [-0.1, -0.05) is 60.6 Å². The number of rotatable bonds is 9. The second-order valence-electron chi connectivity index (χ2n) is 13.3. The van der Waals surface area contributed by atoms with Gasteiger partial charge in [0.05, 0.1) is 4.91 Å². The van der Waals surface area contributed by atoms with Gasteiger partial charge in [-0.3, -0.25) is 9.69 Å². The first-order valence-corrected chi connectivity index (χ1v) is 17.6. The molecule has 218 valence electrons. The molecular weight excluding hydrogens is 566 g/mol. The summed E-state index contributed by atoms with van der Waals surface area (Å²) in [6.07, 6.45) is 17.4. The van der Waals surface area contributed by atoms with Crippen LogP contribution in [-0.2, 0) is 11.2 Å². The smallest absolute Gasteiger partial charge is 0.266 e. The van der Waals surface area contributed by atoms with Gasteiger partial charge >= 0.3 is 0 Å². The van der Waals surface area contributed by atoms with Crippen LogP contribution in [0.2, 0.25) is 5.02 Å². The van der Waals surface area contributed by atoms with E-state index in [2.05, 4.69) is 34.2 Å². The molecule has 0 radical (unpaired) electrons. The molecule has 2 saturated heterocycles. The number of amides is 1. The summed E-state index contributed by atoms with van der Waals surface area (Å²) in [5.74, 6) is 3.17. The highest BCUT2D eigenvalue weighted by Gasteiger charge is 2.53. The molecule has 41 heavy (non-hydrogen) atoms. The number of piperidine rings is 1. The standard InChI is InChI=1S/C34H42ClN3OS2/c35-28-10-8-24(9-11-28)29-20-25(7-3-1-4-12-37-13-5-2-6-14-37)30(36-29)21-31-33(39)38(34(40)41-31)32-26-16-22-15-23(18-26)19-27(32)17-22/h8-11,20-23,26-27,32,36H,1-7,12-19H2/b31-21-. The molecule has 8 rings (SSSR count). The van der Waals surface area contributed by atoms with Gasteiger partial charge in [0, 0.05) is 22.5 Å². The summed E-state index contributed by atoms with van der Waals surface area (Å²) in [5.41, 5.74) is 4.53. The fourth-order valence-corrected chi connectivity index (χ4v) is 10.3. The van der Waals surface area contributed by atoms with E-state index in [4.69, 9.17) is 23.8 Å². The second kappa shape index (κ2) is 12.2. The van der Waals surface area contributed by atoms with Gasteiger partial charge < -0.3 is 9.88 Å². The average molecular weight is 608 g/mol. The zero-order chi connectivity index (χ0) is 27.9. The van der Waals surface area contributed by atoms with Gasteiger partial charge in [-0.05, 0) is 143 Å². The lowest BCUT2D eigenvalue weighted by atomic mass is 9.54. The summed E-state index contributed by atoms with van der Waals surface area (Å²) in [6, 6.07) is 10.6. The van der Waals surface area contributed by atoms with Gasteiger partial charge in [-0.2, -0.15) is 0 Å². The van der Waals surface area contributed by atoms with Crippen LogP contribution in [0.5, 0.6) is 0 Å². The van der Waals surface area contributed by atoms with Crippen LogP contribution in [0.25, 0.3) is 17.3 Å². The third kappa shape index (κ3) is 5.96. The number of carbonyl (C=O) groups excluding carboxylic acids is 1. The molecule has 4 saturated carbocycles. The van der Waals surface area contributed by atoms with Gasteiger partial charge in [-0.25, -0.2) is 0 Å². The van der Waals surface area contributed by atoms with Crippen molar-refractivity contribution in [3.8, 4) is 11.3 Å². The molecule has 1 amide bonds. The molecule has 6 aliphatic rings. The number of benzene rings is 1. The van der Waals surface area contributed by atoms with Crippen LogP contribution in [0.15, 0.2) is 35.2 Å². The van der Waals surface area contributed by atoms with Crippen molar-refractivity contribution in [3.63, 3.8) is 0 Å². The van der Waals surface area contributed by atoms with Crippen LogP contribution in [0.4, 0.5) is 0 Å². The van der Waals surface area contributed by atoms with Crippen LogP contribution in [-0.4, -0.2) is 50.7 Å². The van der Waals surface area contributed by atoms with E-state index in [9.17, 15) is 4.79 Å². The van der Waals surface area contributed by atoms with E-state index in [0.29, 0.717) is 17.9 Å². The van der Waals surface area contributed by atoms with Crippen molar-refractivity contribution in [2.75, 3.05) is 19.6 Å². The summed E-state index contributed by atoms with van der Waals surface area (Å²) in [4.78, 5) is 23.1. The fraction of sp³-hybridized carbons (Fsp3) is 0.588. The number of hydrogen-bond donors (Lipinski definition) is 1. The SMILES string of the molecule is O=C1/C(=C/c2[nH]c(-c3ccc(Cl)cc3)cc2CCCCCN2CCCCC2)SC(=S)N1C1C2CC3CC(C2)CC1C3. The number of hydrogen-bond acceptors (Lipinski definition) is 4. The molecule has 3 heterocycles. The van der Waals surface area contributed by atoms with Crippen molar-refractivity contribution in [1.82, 2.24) is 14.8 Å². The molecule has 6 fully saturated rings. The Bertz CT molecular complexity index is 1280. The molecule has 1 aromatic heterocycles. The molecule has 7 heteroatoms. The van der Waals surface area contributed by atoms with Gasteiger partial charge in [0.15, 0.2) is 0 Å². The summed E-state index contributed by atoms with van der Waals surface area (Å²) < 4.78 is 0.766. The number of likely N-dealkylation sites (tertiary alicyclic amines) is 1.